The van der Waals surface area contributed by atoms with E-state index in [-0.39, 0.29) is 0 Å². The van der Waals surface area contributed by atoms with Crippen LogP contribution in [-0.4, -0.2) is 22.1 Å². The maximum Gasteiger partial charge on any atom is 0.146 e. The number of anilines is 1. The zero-order chi connectivity index (χ0) is 12.3. The van der Waals surface area contributed by atoms with Crippen LogP contribution in [0.5, 0.6) is 5.75 Å². The maximum atomic E-state index is 6.02. The molecule has 0 fully saturated rings. The van der Waals surface area contributed by atoms with Gasteiger partial charge in [0.2, 0.25) is 0 Å². The minimum atomic E-state index is 0.486. The largest absolute Gasteiger partial charge is 0.494 e. The van der Waals surface area contributed by atoms with Crippen molar-refractivity contribution in [2.45, 2.75) is 0 Å². The topological polar surface area (TPSA) is 73.9 Å². The van der Waals surface area contributed by atoms with Crippen molar-refractivity contribution in [1.29, 1.82) is 0 Å². The SMILES string of the molecule is C=Cc1c(OC)cnc(-c2cnccn2)c1N. The molecule has 0 bridgehead atoms. The Hall–Kier alpha value is -2.43. The van der Waals surface area contributed by atoms with Gasteiger partial charge < -0.3 is 10.5 Å². The molecule has 0 radical (unpaired) electrons. The van der Waals surface area contributed by atoms with Gasteiger partial charge in [0.1, 0.15) is 17.1 Å². The lowest BCUT2D eigenvalue weighted by Gasteiger charge is -2.10. The van der Waals surface area contributed by atoms with Gasteiger partial charge in [0.25, 0.3) is 0 Å². The molecule has 86 valence electrons. The summed E-state index contributed by atoms with van der Waals surface area (Å²) < 4.78 is 5.16. The number of hydrogen-bond acceptors (Lipinski definition) is 5. The molecule has 5 nitrogen and oxygen atoms in total. The molecule has 0 aliphatic carbocycles. The molecule has 0 saturated carbocycles. The Bertz CT molecular complexity index is 540. The third-order valence-corrected chi connectivity index (χ3v) is 2.35. The summed E-state index contributed by atoms with van der Waals surface area (Å²) in [6.45, 7) is 3.71. The highest BCUT2D eigenvalue weighted by molar-refractivity contribution is 5.80. The monoisotopic (exact) mass is 228 g/mol. The van der Waals surface area contributed by atoms with Gasteiger partial charge in [0.05, 0.1) is 25.2 Å². The molecule has 5 heteroatoms. The van der Waals surface area contributed by atoms with E-state index in [1.165, 1.54) is 0 Å². The van der Waals surface area contributed by atoms with Crippen molar-refractivity contribution in [2.24, 2.45) is 0 Å². The van der Waals surface area contributed by atoms with E-state index in [1.54, 1.807) is 38.0 Å². The van der Waals surface area contributed by atoms with Crippen LogP contribution in [0.3, 0.4) is 0 Å². The fraction of sp³-hybridized carbons (Fsp3) is 0.0833. The summed E-state index contributed by atoms with van der Waals surface area (Å²) in [5, 5.41) is 0. The summed E-state index contributed by atoms with van der Waals surface area (Å²) in [6.07, 6.45) is 8.02. The molecule has 0 aliphatic rings. The number of methoxy groups -OCH3 is 1. The molecule has 0 aromatic carbocycles. The Kier molecular flexibility index (Phi) is 3.00. The van der Waals surface area contributed by atoms with Gasteiger partial charge in [0.15, 0.2) is 0 Å². The molecule has 0 spiro atoms. The van der Waals surface area contributed by atoms with Gasteiger partial charge in [-0.15, -0.1) is 0 Å². The first-order valence-corrected chi connectivity index (χ1v) is 4.99. The Morgan fingerprint density at radius 3 is 2.71 bits per heavy atom. The van der Waals surface area contributed by atoms with Crippen LogP contribution in [0.15, 0.2) is 31.4 Å². The molecule has 2 aromatic heterocycles. The van der Waals surface area contributed by atoms with Crippen LogP contribution >= 0.6 is 0 Å². The van der Waals surface area contributed by atoms with E-state index in [1.807, 2.05) is 0 Å². The zero-order valence-corrected chi connectivity index (χ0v) is 9.42. The van der Waals surface area contributed by atoms with E-state index < -0.39 is 0 Å². The van der Waals surface area contributed by atoms with E-state index in [9.17, 15) is 0 Å². The molecule has 2 rings (SSSR count). The predicted molar refractivity (Wildman–Crippen MR) is 66.3 cm³/mol. The van der Waals surface area contributed by atoms with Gasteiger partial charge in [-0.3, -0.25) is 9.97 Å². The van der Waals surface area contributed by atoms with E-state index in [0.717, 1.165) is 0 Å². The minimum absolute atomic E-state index is 0.486. The minimum Gasteiger partial charge on any atom is -0.494 e. The van der Waals surface area contributed by atoms with Crippen molar-refractivity contribution < 1.29 is 4.74 Å². The second kappa shape index (κ2) is 4.61. The first-order valence-electron chi connectivity index (χ1n) is 4.99. The number of rotatable bonds is 3. The van der Waals surface area contributed by atoms with E-state index in [0.29, 0.717) is 28.4 Å². The lowest BCUT2D eigenvalue weighted by molar-refractivity contribution is 0.412. The van der Waals surface area contributed by atoms with Crippen LogP contribution in [0.25, 0.3) is 17.5 Å². The molecule has 0 aliphatic heterocycles. The number of aromatic nitrogens is 3. The number of ether oxygens (including phenoxy) is 1. The Balaban J connectivity index is 2.61. The summed E-state index contributed by atoms with van der Waals surface area (Å²) in [5.74, 6) is 0.588. The molecule has 17 heavy (non-hydrogen) atoms. The molecule has 0 amide bonds. The third-order valence-electron chi connectivity index (χ3n) is 2.35. The number of hydrogen-bond donors (Lipinski definition) is 1. The predicted octanol–water partition coefficient (Wildman–Crippen LogP) is 1.77. The van der Waals surface area contributed by atoms with Crippen LogP contribution in [0.1, 0.15) is 5.56 Å². The first-order chi connectivity index (χ1) is 8.27. The van der Waals surface area contributed by atoms with Crippen molar-refractivity contribution in [2.75, 3.05) is 12.8 Å². The highest BCUT2D eigenvalue weighted by Crippen LogP contribution is 2.31. The Morgan fingerprint density at radius 2 is 2.12 bits per heavy atom. The van der Waals surface area contributed by atoms with Crippen molar-refractivity contribution >= 4 is 11.8 Å². The fourth-order valence-corrected chi connectivity index (χ4v) is 1.52. The molecule has 2 N–H and O–H groups in total. The van der Waals surface area contributed by atoms with E-state index >= 15 is 0 Å². The van der Waals surface area contributed by atoms with Crippen LogP contribution in [0.4, 0.5) is 5.69 Å². The Labute approximate surface area is 99.0 Å². The molecule has 0 unspecified atom stereocenters. The first kappa shape index (κ1) is 11.1. The highest BCUT2D eigenvalue weighted by Gasteiger charge is 2.12. The summed E-state index contributed by atoms with van der Waals surface area (Å²) in [7, 11) is 1.56. The number of pyridine rings is 1. The van der Waals surface area contributed by atoms with Gasteiger partial charge in [-0.05, 0) is 0 Å². The van der Waals surface area contributed by atoms with Gasteiger partial charge in [-0.25, -0.2) is 4.98 Å². The highest BCUT2D eigenvalue weighted by atomic mass is 16.5. The average Bonchev–Trinajstić information content (AvgIpc) is 2.39. The van der Waals surface area contributed by atoms with Gasteiger partial charge in [0, 0.05) is 18.0 Å². The number of nitrogen functional groups attached to an aromatic ring is 1. The van der Waals surface area contributed by atoms with Crippen molar-refractivity contribution in [3.05, 3.63) is 36.9 Å². The lowest BCUT2D eigenvalue weighted by atomic mass is 10.1. The van der Waals surface area contributed by atoms with Crippen LogP contribution in [0, 0.1) is 0 Å². The summed E-state index contributed by atoms with van der Waals surface area (Å²) in [5.41, 5.74) is 8.42. The Morgan fingerprint density at radius 1 is 1.29 bits per heavy atom. The van der Waals surface area contributed by atoms with Crippen molar-refractivity contribution in [3.8, 4) is 17.1 Å². The standard InChI is InChI=1S/C12H12N4O/c1-3-8-10(17-2)7-16-12(11(8)13)9-6-14-4-5-15-9/h3-7H,1,13H2,2H3. The zero-order valence-electron chi connectivity index (χ0n) is 9.42. The maximum absolute atomic E-state index is 6.02. The molecule has 2 aromatic rings. The quantitative estimate of drug-likeness (QED) is 0.866. The molecule has 0 atom stereocenters. The third kappa shape index (κ3) is 1.94. The second-order valence-electron chi connectivity index (χ2n) is 3.30. The molecular weight excluding hydrogens is 216 g/mol. The fourth-order valence-electron chi connectivity index (χ4n) is 1.52. The smallest absolute Gasteiger partial charge is 0.146 e. The molecule has 2 heterocycles. The lowest BCUT2D eigenvalue weighted by Crippen LogP contribution is -2.00. The molecule has 0 saturated heterocycles. The normalized spacial score (nSPS) is 9.94. The summed E-state index contributed by atoms with van der Waals surface area (Å²) in [4.78, 5) is 12.4. The van der Waals surface area contributed by atoms with Crippen molar-refractivity contribution in [3.63, 3.8) is 0 Å². The number of nitrogens with two attached hydrogens (primary N) is 1. The van der Waals surface area contributed by atoms with E-state index in [2.05, 4.69) is 21.5 Å². The van der Waals surface area contributed by atoms with Crippen LogP contribution < -0.4 is 10.5 Å². The second-order valence-corrected chi connectivity index (χ2v) is 3.30. The van der Waals surface area contributed by atoms with Crippen LogP contribution in [0.2, 0.25) is 0 Å². The van der Waals surface area contributed by atoms with Gasteiger partial charge in [-0.1, -0.05) is 12.7 Å². The molecular formula is C12H12N4O. The van der Waals surface area contributed by atoms with Crippen molar-refractivity contribution in [1.82, 2.24) is 15.0 Å². The average molecular weight is 228 g/mol. The van der Waals surface area contributed by atoms with Gasteiger partial charge >= 0.3 is 0 Å². The van der Waals surface area contributed by atoms with E-state index in [4.69, 9.17) is 10.5 Å². The summed E-state index contributed by atoms with van der Waals surface area (Å²) in [6, 6.07) is 0. The summed E-state index contributed by atoms with van der Waals surface area (Å²) >= 11 is 0. The van der Waals surface area contributed by atoms with Crippen LogP contribution in [-0.2, 0) is 0 Å². The number of nitrogens with zero attached hydrogens (tertiary/aromatic N) is 3. The van der Waals surface area contributed by atoms with Gasteiger partial charge in [-0.2, -0.15) is 0 Å².